The number of ether oxygens (including phenoxy) is 1. The second-order valence-corrected chi connectivity index (χ2v) is 12.1. The Morgan fingerprint density at radius 3 is 2.51 bits per heavy atom. The second-order valence-electron chi connectivity index (χ2n) is 10.00. The number of carbonyl (C=O) groups excluding carboxylic acids is 3. The van der Waals surface area contributed by atoms with E-state index >= 15 is 0 Å². The van der Waals surface area contributed by atoms with Gasteiger partial charge in [0, 0.05) is 37.4 Å². The summed E-state index contributed by atoms with van der Waals surface area (Å²) in [5.74, 6) is -1.24. The van der Waals surface area contributed by atoms with Crippen LogP contribution in [0.25, 0.3) is 0 Å². The fourth-order valence-corrected chi connectivity index (χ4v) is 6.32. The topological polar surface area (TPSA) is 124 Å². The molecule has 0 aliphatic carbocycles. The van der Waals surface area contributed by atoms with E-state index in [0.717, 1.165) is 5.56 Å². The quantitative estimate of drug-likeness (QED) is 0.219. The first kappa shape index (κ1) is 33.0. The molecule has 14 heteroatoms. The van der Waals surface area contributed by atoms with Crippen LogP contribution in [-0.4, -0.2) is 72.7 Å². The highest BCUT2D eigenvalue weighted by molar-refractivity contribution is 7.13. The monoisotopic (exact) mass is 667 g/mol. The van der Waals surface area contributed by atoms with E-state index in [0.29, 0.717) is 61.4 Å². The number of aromatic nitrogens is 1. The van der Waals surface area contributed by atoms with Crippen molar-refractivity contribution in [2.45, 2.75) is 26.3 Å². The summed E-state index contributed by atoms with van der Waals surface area (Å²) in [6.07, 6.45) is 2.48. The molecule has 3 heterocycles. The van der Waals surface area contributed by atoms with Crippen LogP contribution >= 0.6 is 46.1 Å². The number of amides is 2. The van der Waals surface area contributed by atoms with Crippen molar-refractivity contribution in [3.63, 3.8) is 0 Å². The molecule has 0 radical (unpaired) electrons. The molecule has 1 aliphatic heterocycles. The Bertz CT molecular complexity index is 1460. The fraction of sp³-hybridized carbons (Fsp3) is 0.379. The van der Waals surface area contributed by atoms with Gasteiger partial charge in [0.1, 0.15) is 10.7 Å². The van der Waals surface area contributed by atoms with Gasteiger partial charge in [-0.1, -0.05) is 34.8 Å². The van der Waals surface area contributed by atoms with Crippen molar-refractivity contribution in [1.82, 2.24) is 9.88 Å². The van der Waals surface area contributed by atoms with Gasteiger partial charge in [0.05, 0.1) is 46.1 Å². The van der Waals surface area contributed by atoms with Gasteiger partial charge in [-0.2, -0.15) is 0 Å². The first-order valence-electron chi connectivity index (χ1n) is 13.7. The number of piperidine rings is 1. The number of likely N-dealkylation sites (N-methyl/N-ethyl adjacent to an activating group) is 1. The zero-order valence-corrected chi connectivity index (χ0v) is 26.7. The first-order chi connectivity index (χ1) is 20.6. The minimum Gasteiger partial charge on any atom is -0.466 e. The van der Waals surface area contributed by atoms with Crippen LogP contribution < -0.4 is 15.5 Å². The lowest BCUT2D eigenvalue weighted by molar-refractivity contribution is -0.148. The number of pyridine rings is 1. The lowest BCUT2D eigenvalue weighted by Gasteiger charge is -2.34. The number of aliphatic hydroxyl groups excluding tert-OH is 1. The van der Waals surface area contributed by atoms with Crippen molar-refractivity contribution in [1.29, 1.82) is 0 Å². The number of aliphatic hydroxyl groups is 1. The summed E-state index contributed by atoms with van der Waals surface area (Å²) in [6, 6.07) is 6.32. The van der Waals surface area contributed by atoms with Gasteiger partial charge in [-0.05, 0) is 62.0 Å². The standard InChI is InChI=1S/C29H32Cl3N5O5S/c1-3-42-29(41)17-6-8-37(9-7-17)22-13-20(31)12-21(27(39)34-23-5-4-19(30)14-33-23)25(22)35-28(40)26-24(32)18(16-43-26)15-36(2)10-11-38/h4-5,12-14,16-17,38H,3,6-11,15H2,1-2H3,(H,35,40)(H,33,34,39). The highest BCUT2D eigenvalue weighted by atomic mass is 35.5. The molecule has 0 spiro atoms. The zero-order valence-electron chi connectivity index (χ0n) is 23.7. The third-order valence-electron chi connectivity index (χ3n) is 6.92. The van der Waals surface area contributed by atoms with E-state index in [4.69, 9.17) is 39.5 Å². The molecular weight excluding hydrogens is 637 g/mol. The highest BCUT2D eigenvalue weighted by Crippen LogP contribution is 2.38. The SMILES string of the molecule is CCOC(=O)C1CCN(c2cc(Cl)cc(C(=O)Nc3ccc(Cl)cn3)c2NC(=O)c2scc(CN(C)CCO)c2Cl)CC1. The molecule has 0 unspecified atom stereocenters. The molecule has 2 amide bonds. The summed E-state index contributed by atoms with van der Waals surface area (Å²) in [7, 11) is 1.84. The van der Waals surface area contributed by atoms with E-state index in [-0.39, 0.29) is 45.5 Å². The maximum atomic E-state index is 13.7. The van der Waals surface area contributed by atoms with Crippen molar-refractivity contribution < 1.29 is 24.2 Å². The van der Waals surface area contributed by atoms with Gasteiger partial charge in [0.2, 0.25) is 0 Å². The Balaban J connectivity index is 1.67. The predicted octanol–water partition coefficient (Wildman–Crippen LogP) is 5.81. The number of esters is 1. The van der Waals surface area contributed by atoms with Crippen LogP contribution in [0.4, 0.5) is 17.2 Å². The summed E-state index contributed by atoms with van der Waals surface area (Å²) < 4.78 is 5.20. The Hall–Kier alpha value is -2.93. The predicted molar refractivity (Wildman–Crippen MR) is 171 cm³/mol. The maximum absolute atomic E-state index is 13.7. The van der Waals surface area contributed by atoms with Crippen LogP contribution in [0.1, 0.15) is 45.4 Å². The molecule has 3 aromatic rings. The molecule has 3 N–H and O–H groups in total. The van der Waals surface area contributed by atoms with Crippen LogP contribution in [0.2, 0.25) is 15.1 Å². The van der Waals surface area contributed by atoms with Gasteiger partial charge >= 0.3 is 5.97 Å². The summed E-state index contributed by atoms with van der Waals surface area (Å²) in [6.45, 7) is 3.95. The Morgan fingerprint density at radius 1 is 1.12 bits per heavy atom. The van der Waals surface area contributed by atoms with E-state index in [1.54, 1.807) is 30.5 Å². The van der Waals surface area contributed by atoms with Gasteiger partial charge in [0.15, 0.2) is 0 Å². The van der Waals surface area contributed by atoms with Crippen molar-refractivity contribution >= 4 is 81.1 Å². The van der Waals surface area contributed by atoms with E-state index < -0.39 is 11.8 Å². The third kappa shape index (κ3) is 8.37. The zero-order chi connectivity index (χ0) is 31.1. The van der Waals surface area contributed by atoms with E-state index in [9.17, 15) is 19.5 Å². The van der Waals surface area contributed by atoms with Crippen molar-refractivity contribution in [2.24, 2.45) is 5.92 Å². The Labute approximate surface area is 268 Å². The summed E-state index contributed by atoms with van der Waals surface area (Å²) in [5.41, 5.74) is 1.65. The normalized spacial score (nSPS) is 13.7. The molecule has 43 heavy (non-hydrogen) atoms. The Morgan fingerprint density at radius 2 is 1.86 bits per heavy atom. The van der Waals surface area contributed by atoms with Crippen LogP contribution in [0.5, 0.6) is 0 Å². The molecule has 4 rings (SSSR count). The molecule has 1 aromatic carbocycles. The Kier molecular flexibility index (Phi) is 11.6. The molecule has 230 valence electrons. The largest absolute Gasteiger partial charge is 0.466 e. The molecule has 1 saturated heterocycles. The molecule has 10 nitrogen and oxygen atoms in total. The highest BCUT2D eigenvalue weighted by Gasteiger charge is 2.30. The van der Waals surface area contributed by atoms with Crippen molar-refractivity contribution in [3.05, 3.63) is 66.9 Å². The summed E-state index contributed by atoms with van der Waals surface area (Å²) in [5, 5.41) is 17.7. The minimum absolute atomic E-state index is 0.00163. The number of nitrogens with one attached hydrogen (secondary N) is 2. The first-order valence-corrected chi connectivity index (χ1v) is 15.7. The molecule has 2 aromatic heterocycles. The third-order valence-corrected chi connectivity index (χ3v) is 8.93. The minimum atomic E-state index is -0.543. The van der Waals surface area contributed by atoms with Crippen LogP contribution in [0.3, 0.4) is 0 Å². The van der Waals surface area contributed by atoms with Crippen LogP contribution in [0.15, 0.2) is 35.8 Å². The molecule has 1 fully saturated rings. The van der Waals surface area contributed by atoms with Crippen molar-refractivity contribution in [3.8, 4) is 0 Å². The number of nitrogens with zero attached hydrogens (tertiary/aromatic N) is 3. The van der Waals surface area contributed by atoms with Gasteiger partial charge < -0.3 is 25.4 Å². The molecule has 0 saturated carbocycles. The summed E-state index contributed by atoms with van der Waals surface area (Å²) in [4.78, 5) is 47.8. The molecule has 1 aliphatic rings. The smallest absolute Gasteiger partial charge is 0.309 e. The number of rotatable bonds is 11. The van der Waals surface area contributed by atoms with Crippen molar-refractivity contribution in [2.75, 3.05) is 55.4 Å². The molecule has 0 atom stereocenters. The van der Waals surface area contributed by atoms with Gasteiger partial charge in [-0.25, -0.2) is 4.98 Å². The number of carbonyl (C=O) groups is 3. The lowest BCUT2D eigenvalue weighted by Crippen LogP contribution is -2.37. The van der Waals surface area contributed by atoms with Gasteiger partial charge in [0.25, 0.3) is 11.8 Å². The maximum Gasteiger partial charge on any atom is 0.309 e. The summed E-state index contributed by atoms with van der Waals surface area (Å²) >= 11 is 20.3. The number of hydrogen-bond acceptors (Lipinski definition) is 9. The number of thiophene rings is 1. The average Bonchev–Trinajstić information content (AvgIpc) is 3.34. The van der Waals surface area contributed by atoms with Gasteiger partial charge in [-0.15, -0.1) is 11.3 Å². The number of anilines is 3. The fourth-order valence-electron chi connectivity index (χ4n) is 4.75. The number of hydrogen-bond donors (Lipinski definition) is 3. The van der Waals surface area contributed by atoms with E-state index in [2.05, 4.69) is 15.6 Å². The molecular formula is C29H32Cl3N5O5S. The number of benzene rings is 1. The van der Waals surface area contributed by atoms with E-state index in [1.165, 1.54) is 23.6 Å². The number of halogens is 3. The average molecular weight is 669 g/mol. The van der Waals surface area contributed by atoms with Crippen LogP contribution in [0, 0.1) is 5.92 Å². The molecule has 0 bridgehead atoms. The van der Waals surface area contributed by atoms with E-state index in [1.807, 2.05) is 16.8 Å². The lowest BCUT2D eigenvalue weighted by atomic mass is 9.96. The van der Waals surface area contributed by atoms with Gasteiger partial charge in [-0.3, -0.25) is 19.3 Å². The van der Waals surface area contributed by atoms with Crippen LogP contribution in [-0.2, 0) is 16.1 Å². The second kappa shape index (κ2) is 15.2.